The first-order valence-corrected chi connectivity index (χ1v) is 11.9. The average Bonchev–Trinajstić information content (AvgIpc) is 2.74. The van der Waals surface area contributed by atoms with E-state index in [1.807, 2.05) is 29.6 Å². The zero-order chi connectivity index (χ0) is 19.0. The molecule has 1 aliphatic rings. The van der Waals surface area contributed by atoms with Crippen LogP contribution in [0.2, 0.25) is 0 Å². The van der Waals surface area contributed by atoms with E-state index in [-0.39, 0.29) is 10.2 Å². The summed E-state index contributed by atoms with van der Waals surface area (Å²) < 4.78 is 12.3. The minimum atomic E-state index is -0.113. The molecule has 0 bridgehead atoms. The molecule has 0 amide bonds. The summed E-state index contributed by atoms with van der Waals surface area (Å²) in [5.74, 6) is 3.27. The molecular formula is C23H30O2S2. The minimum Gasteiger partial charge on any atom is -0.494 e. The summed E-state index contributed by atoms with van der Waals surface area (Å²) in [6.07, 6.45) is 3.28. The molecule has 0 spiro atoms. The van der Waals surface area contributed by atoms with Crippen molar-refractivity contribution in [2.75, 3.05) is 24.7 Å². The maximum Gasteiger partial charge on any atom is 0.119 e. The van der Waals surface area contributed by atoms with Gasteiger partial charge in [-0.25, -0.2) is 0 Å². The van der Waals surface area contributed by atoms with E-state index < -0.39 is 0 Å². The Kier molecular flexibility index (Phi) is 7.98. The second-order valence-electron chi connectivity index (χ2n) is 6.76. The number of hydrogen-bond donors (Lipinski definition) is 0. The van der Waals surface area contributed by atoms with E-state index in [0.29, 0.717) is 0 Å². The Balaban J connectivity index is 2.01. The number of rotatable bonds is 9. The molecular weight excluding hydrogens is 372 g/mol. The van der Waals surface area contributed by atoms with Gasteiger partial charge in [0.2, 0.25) is 0 Å². The SMILES string of the molecule is CCCOc1cccc(C(OCCC)C2(c3ccccc3)SCCCS2)c1. The van der Waals surface area contributed by atoms with Crippen molar-refractivity contribution in [1.29, 1.82) is 0 Å². The molecule has 1 saturated heterocycles. The lowest BCUT2D eigenvalue weighted by Crippen LogP contribution is -2.32. The molecule has 1 aliphatic heterocycles. The van der Waals surface area contributed by atoms with Gasteiger partial charge in [0.15, 0.2) is 0 Å². The van der Waals surface area contributed by atoms with E-state index in [9.17, 15) is 0 Å². The lowest BCUT2D eigenvalue weighted by Gasteiger charge is -2.42. The Bertz CT molecular complexity index is 684. The summed E-state index contributed by atoms with van der Waals surface area (Å²) in [5, 5.41) is 0. The number of benzene rings is 2. The largest absolute Gasteiger partial charge is 0.494 e. The fourth-order valence-corrected chi connectivity index (χ4v) is 6.85. The van der Waals surface area contributed by atoms with Crippen LogP contribution in [0.15, 0.2) is 54.6 Å². The first-order chi connectivity index (χ1) is 13.3. The second kappa shape index (κ2) is 10.4. The molecule has 1 unspecified atom stereocenters. The van der Waals surface area contributed by atoms with E-state index in [0.717, 1.165) is 31.8 Å². The van der Waals surface area contributed by atoms with Gasteiger partial charge in [-0.3, -0.25) is 0 Å². The maximum atomic E-state index is 6.54. The van der Waals surface area contributed by atoms with Crippen molar-refractivity contribution in [2.24, 2.45) is 0 Å². The van der Waals surface area contributed by atoms with Crippen LogP contribution < -0.4 is 4.74 Å². The van der Waals surface area contributed by atoms with Gasteiger partial charge in [0.25, 0.3) is 0 Å². The van der Waals surface area contributed by atoms with Crippen LogP contribution in [0, 0.1) is 0 Å². The highest BCUT2D eigenvalue weighted by molar-refractivity contribution is 8.18. The number of thioether (sulfide) groups is 2. The standard InChI is InChI=1S/C23H30O2S2/c1-3-14-24-21-13-8-10-19(18-21)22(25-15-4-2)23(26-16-9-17-27-23)20-11-6-5-7-12-20/h5-8,10-13,18,22H,3-4,9,14-17H2,1-2H3. The summed E-state index contributed by atoms with van der Waals surface area (Å²) in [6, 6.07) is 19.4. The van der Waals surface area contributed by atoms with Gasteiger partial charge in [0, 0.05) is 6.61 Å². The van der Waals surface area contributed by atoms with Crippen molar-refractivity contribution in [1.82, 2.24) is 0 Å². The summed E-state index contributed by atoms with van der Waals surface area (Å²) >= 11 is 4.08. The Morgan fingerprint density at radius 2 is 1.67 bits per heavy atom. The van der Waals surface area contributed by atoms with Gasteiger partial charge >= 0.3 is 0 Å². The number of ether oxygens (including phenoxy) is 2. The van der Waals surface area contributed by atoms with E-state index in [1.165, 1.54) is 29.1 Å². The highest BCUT2D eigenvalue weighted by atomic mass is 32.2. The molecule has 4 heteroatoms. The molecule has 146 valence electrons. The summed E-state index contributed by atoms with van der Waals surface area (Å²) in [6.45, 7) is 5.82. The van der Waals surface area contributed by atoms with Crippen LogP contribution >= 0.6 is 23.5 Å². The normalized spacial score (nSPS) is 17.4. The van der Waals surface area contributed by atoms with E-state index in [2.05, 4.69) is 62.4 Å². The fourth-order valence-electron chi connectivity index (χ4n) is 3.34. The molecule has 0 N–H and O–H groups in total. The minimum absolute atomic E-state index is 0.000302. The zero-order valence-electron chi connectivity index (χ0n) is 16.4. The molecule has 27 heavy (non-hydrogen) atoms. The van der Waals surface area contributed by atoms with E-state index >= 15 is 0 Å². The quantitative estimate of drug-likeness (QED) is 0.466. The van der Waals surface area contributed by atoms with Crippen LogP contribution in [-0.2, 0) is 8.82 Å². The lowest BCUT2D eigenvalue weighted by atomic mass is 9.99. The highest BCUT2D eigenvalue weighted by Gasteiger charge is 2.45. The second-order valence-corrected chi connectivity index (χ2v) is 9.70. The van der Waals surface area contributed by atoms with E-state index in [4.69, 9.17) is 9.47 Å². The third kappa shape index (κ3) is 5.04. The summed E-state index contributed by atoms with van der Waals surface area (Å²) in [4.78, 5) is 0. The smallest absolute Gasteiger partial charge is 0.119 e. The van der Waals surface area contributed by atoms with E-state index in [1.54, 1.807) is 0 Å². The molecule has 2 nitrogen and oxygen atoms in total. The van der Waals surface area contributed by atoms with Crippen molar-refractivity contribution < 1.29 is 9.47 Å². The Hall–Kier alpha value is -1.10. The third-order valence-electron chi connectivity index (χ3n) is 4.57. The third-order valence-corrected chi connectivity index (χ3v) is 8.02. The molecule has 0 aromatic heterocycles. The van der Waals surface area contributed by atoms with Gasteiger partial charge in [0.1, 0.15) is 15.9 Å². The van der Waals surface area contributed by atoms with Gasteiger partial charge in [0.05, 0.1) is 6.61 Å². The Labute approximate surface area is 172 Å². The van der Waals surface area contributed by atoms with Crippen LogP contribution in [0.25, 0.3) is 0 Å². The van der Waals surface area contributed by atoms with Crippen molar-refractivity contribution in [2.45, 2.75) is 43.3 Å². The summed E-state index contributed by atoms with van der Waals surface area (Å²) in [5.41, 5.74) is 2.56. The molecule has 3 rings (SSSR count). The molecule has 1 fully saturated rings. The molecule has 0 saturated carbocycles. The number of hydrogen-bond acceptors (Lipinski definition) is 4. The zero-order valence-corrected chi connectivity index (χ0v) is 18.0. The van der Waals surface area contributed by atoms with Crippen molar-refractivity contribution in [3.05, 3.63) is 65.7 Å². The predicted octanol–water partition coefficient (Wildman–Crippen LogP) is 6.67. The van der Waals surface area contributed by atoms with Crippen LogP contribution in [-0.4, -0.2) is 24.7 Å². The summed E-state index contributed by atoms with van der Waals surface area (Å²) in [7, 11) is 0. The van der Waals surface area contributed by atoms with Crippen LogP contribution in [0.1, 0.15) is 50.3 Å². The first kappa shape index (κ1) is 20.6. The fraction of sp³-hybridized carbons (Fsp3) is 0.478. The first-order valence-electron chi connectivity index (χ1n) is 9.98. The Morgan fingerprint density at radius 1 is 0.926 bits per heavy atom. The van der Waals surface area contributed by atoms with Gasteiger partial charge < -0.3 is 9.47 Å². The topological polar surface area (TPSA) is 18.5 Å². The molecule has 0 radical (unpaired) electrons. The molecule has 2 aromatic carbocycles. The lowest BCUT2D eigenvalue weighted by molar-refractivity contribution is 0.0435. The monoisotopic (exact) mass is 402 g/mol. The van der Waals surface area contributed by atoms with Crippen LogP contribution in [0.3, 0.4) is 0 Å². The van der Waals surface area contributed by atoms with Gasteiger partial charge in [-0.15, -0.1) is 23.5 Å². The molecule has 2 aromatic rings. The predicted molar refractivity (Wildman–Crippen MR) is 119 cm³/mol. The molecule has 1 atom stereocenters. The highest BCUT2D eigenvalue weighted by Crippen LogP contribution is 2.58. The van der Waals surface area contributed by atoms with Crippen LogP contribution in [0.5, 0.6) is 5.75 Å². The van der Waals surface area contributed by atoms with Crippen molar-refractivity contribution >= 4 is 23.5 Å². The average molecular weight is 403 g/mol. The maximum absolute atomic E-state index is 6.54. The van der Waals surface area contributed by atoms with Crippen LogP contribution in [0.4, 0.5) is 0 Å². The Morgan fingerprint density at radius 3 is 2.37 bits per heavy atom. The van der Waals surface area contributed by atoms with Gasteiger partial charge in [-0.2, -0.15) is 0 Å². The molecule has 1 heterocycles. The van der Waals surface area contributed by atoms with Crippen molar-refractivity contribution in [3.63, 3.8) is 0 Å². The van der Waals surface area contributed by atoms with Gasteiger partial charge in [-0.1, -0.05) is 56.3 Å². The molecule has 0 aliphatic carbocycles. The van der Waals surface area contributed by atoms with Gasteiger partial charge in [-0.05, 0) is 54.0 Å². The van der Waals surface area contributed by atoms with Crippen molar-refractivity contribution in [3.8, 4) is 5.75 Å².